The van der Waals surface area contributed by atoms with Crippen LogP contribution in [0.15, 0.2) is 16.9 Å². The summed E-state index contributed by atoms with van der Waals surface area (Å²) in [5.74, 6) is 2.44. The number of oxazole rings is 1. The van der Waals surface area contributed by atoms with Gasteiger partial charge >= 0.3 is 0 Å². The fraction of sp³-hybridized carbons (Fsp3) is 0.500. The predicted molar refractivity (Wildman–Crippen MR) is 57.5 cm³/mol. The van der Waals surface area contributed by atoms with E-state index in [9.17, 15) is 0 Å². The van der Waals surface area contributed by atoms with Crippen molar-refractivity contribution < 1.29 is 4.42 Å². The molecule has 0 radical (unpaired) electrons. The first-order valence-corrected chi connectivity index (χ1v) is 5.28. The molecule has 0 atom stereocenters. The van der Waals surface area contributed by atoms with E-state index in [2.05, 4.69) is 20.4 Å². The van der Waals surface area contributed by atoms with Gasteiger partial charge in [0.25, 0.3) is 0 Å². The summed E-state index contributed by atoms with van der Waals surface area (Å²) in [7, 11) is 0. The highest BCUT2D eigenvalue weighted by Gasteiger charge is 2.03. The summed E-state index contributed by atoms with van der Waals surface area (Å²) in [5.41, 5.74) is 0. The first-order valence-electron chi connectivity index (χ1n) is 5.28. The minimum atomic E-state index is 0.602. The smallest absolute Gasteiger partial charge is 0.208 e. The lowest BCUT2D eigenvalue weighted by molar-refractivity contribution is 0.444. The Morgan fingerprint density at radius 1 is 1.38 bits per heavy atom. The highest BCUT2D eigenvalue weighted by atomic mass is 16.4. The van der Waals surface area contributed by atoms with E-state index in [1.54, 1.807) is 12.5 Å². The van der Waals surface area contributed by atoms with Crippen LogP contribution in [0, 0.1) is 6.92 Å². The van der Waals surface area contributed by atoms with Gasteiger partial charge in [0.05, 0.1) is 19.3 Å². The Bertz CT molecular complexity index is 448. The Balaban J connectivity index is 1.84. The molecular formula is C10H15N5O. The number of hydrogen-bond donors (Lipinski definition) is 1. The molecule has 2 aromatic rings. The molecule has 2 heterocycles. The monoisotopic (exact) mass is 221 g/mol. The Labute approximate surface area is 93.7 Å². The lowest BCUT2D eigenvalue weighted by Gasteiger charge is -2.03. The number of nitrogens with zero attached hydrogens (tertiary/aromatic N) is 4. The maximum atomic E-state index is 5.34. The molecule has 0 fully saturated rings. The van der Waals surface area contributed by atoms with Crippen LogP contribution in [0.1, 0.15) is 24.4 Å². The Kier molecular flexibility index (Phi) is 3.31. The van der Waals surface area contributed by atoms with Gasteiger partial charge in [0.1, 0.15) is 17.9 Å². The second kappa shape index (κ2) is 4.89. The zero-order chi connectivity index (χ0) is 11.4. The third kappa shape index (κ3) is 2.46. The molecule has 2 rings (SSSR count). The highest BCUT2D eigenvalue weighted by molar-refractivity contribution is 4.91. The van der Waals surface area contributed by atoms with Gasteiger partial charge in [-0.2, -0.15) is 5.10 Å². The molecule has 1 N–H and O–H groups in total. The molecule has 0 unspecified atom stereocenters. The van der Waals surface area contributed by atoms with Gasteiger partial charge in [-0.05, 0) is 13.8 Å². The summed E-state index contributed by atoms with van der Waals surface area (Å²) in [6.45, 7) is 6.01. The Hall–Kier alpha value is -1.69. The van der Waals surface area contributed by atoms with Crippen LogP contribution in [0.2, 0.25) is 0 Å². The van der Waals surface area contributed by atoms with E-state index in [1.807, 2.05) is 18.5 Å². The van der Waals surface area contributed by atoms with Crippen molar-refractivity contribution in [2.45, 2.75) is 33.5 Å². The van der Waals surface area contributed by atoms with Gasteiger partial charge in [-0.25, -0.2) is 14.6 Å². The molecule has 2 aromatic heterocycles. The fourth-order valence-corrected chi connectivity index (χ4v) is 1.45. The van der Waals surface area contributed by atoms with E-state index in [-0.39, 0.29) is 0 Å². The van der Waals surface area contributed by atoms with Crippen molar-refractivity contribution in [1.82, 2.24) is 25.1 Å². The summed E-state index contributed by atoms with van der Waals surface area (Å²) in [6.07, 6.45) is 3.28. The zero-order valence-electron chi connectivity index (χ0n) is 9.47. The van der Waals surface area contributed by atoms with Gasteiger partial charge in [0.15, 0.2) is 0 Å². The molecular weight excluding hydrogens is 206 g/mol. The molecule has 86 valence electrons. The minimum absolute atomic E-state index is 0.602. The van der Waals surface area contributed by atoms with Crippen molar-refractivity contribution >= 4 is 0 Å². The second-order valence-corrected chi connectivity index (χ2v) is 3.46. The van der Waals surface area contributed by atoms with Gasteiger partial charge in [0, 0.05) is 6.54 Å². The first-order chi connectivity index (χ1) is 7.79. The largest absolute Gasteiger partial charge is 0.445 e. The van der Waals surface area contributed by atoms with Gasteiger partial charge in [-0.1, -0.05) is 0 Å². The number of rotatable bonds is 5. The van der Waals surface area contributed by atoms with E-state index >= 15 is 0 Å². The molecule has 0 saturated carbocycles. The standard InChI is InChI=1S/C10H15N5O/c1-3-15-9(13-7-14-15)5-11-6-10-12-4-8(2)16-10/h4,7,11H,3,5-6H2,1-2H3. The normalized spacial score (nSPS) is 10.9. The van der Waals surface area contributed by atoms with Crippen LogP contribution in [0.3, 0.4) is 0 Å². The second-order valence-electron chi connectivity index (χ2n) is 3.46. The Morgan fingerprint density at radius 3 is 2.94 bits per heavy atom. The molecule has 0 amide bonds. The van der Waals surface area contributed by atoms with Crippen LogP contribution in [-0.4, -0.2) is 19.7 Å². The quantitative estimate of drug-likeness (QED) is 0.811. The van der Waals surface area contributed by atoms with Gasteiger partial charge in [-0.15, -0.1) is 0 Å². The minimum Gasteiger partial charge on any atom is -0.445 e. The van der Waals surface area contributed by atoms with Crippen molar-refractivity contribution in [2.24, 2.45) is 0 Å². The predicted octanol–water partition coefficient (Wildman–Crippen LogP) is 0.884. The lowest BCUT2D eigenvalue weighted by atomic mass is 10.5. The van der Waals surface area contributed by atoms with Crippen LogP contribution in [0.5, 0.6) is 0 Å². The van der Waals surface area contributed by atoms with E-state index in [0.29, 0.717) is 19.0 Å². The average Bonchev–Trinajstić information content (AvgIpc) is 2.87. The number of hydrogen-bond acceptors (Lipinski definition) is 5. The van der Waals surface area contributed by atoms with Crippen LogP contribution < -0.4 is 5.32 Å². The molecule has 0 aliphatic carbocycles. The van der Waals surface area contributed by atoms with Crippen LogP contribution >= 0.6 is 0 Å². The summed E-state index contributed by atoms with van der Waals surface area (Å²) < 4.78 is 7.20. The summed E-state index contributed by atoms with van der Waals surface area (Å²) >= 11 is 0. The van der Waals surface area contributed by atoms with E-state index < -0.39 is 0 Å². The molecule has 0 saturated heterocycles. The number of aromatic nitrogens is 4. The molecule has 16 heavy (non-hydrogen) atoms. The molecule has 0 bridgehead atoms. The van der Waals surface area contributed by atoms with Crippen LogP contribution in [-0.2, 0) is 19.6 Å². The number of nitrogens with one attached hydrogen (secondary N) is 1. The maximum Gasteiger partial charge on any atom is 0.208 e. The molecule has 6 heteroatoms. The summed E-state index contributed by atoms with van der Waals surface area (Å²) in [4.78, 5) is 8.27. The van der Waals surface area contributed by atoms with Gasteiger partial charge < -0.3 is 9.73 Å². The van der Waals surface area contributed by atoms with E-state index in [0.717, 1.165) is 18.1 Å². The zero-order valence-corrected chi connectivity index (χ0v) is 9.47. The molecule has 0 aromatic carbocycles. The van der Waals surface area contributed by atoms with Crippen molar-refractivity contribution in [2.75, 3.05) is 0 Å². The van der Waals surface area contributed by atoms with Gasteiger partial charge in [0.2, 0.25) is 5.89 Å². The lowest BCUT2D eigenvalue weighted by Crippen LogP contribution is -2.17. The topological polar surface area (TPSA) is 68.8 Å². The highest BCUT2D eigenvalue weighted by Crippen LogP contribution is 2.01. The SMILES string of the molecule is CCn1ncnc1CNCc1ncc(C)o1. The maximum absolute atomic E-state index is 5.34. The average molecular weight is 221 g/mol. The molecule has 6 nitrogen and oxygen atoms in total. The van der Waals surface area contributed by atoms with Gasteiger partial charge in [-0.3, -0.25) is 0 Å². The number of aryl methyl sites for hydroxylation is 2. The summed E-state index contributed by atoms with van der Waals surface area (Å²) in [5, 5.41) is 7.30. The Morgan fingerprint density at radius 2 is 2.25 bits per heavy atom. The third-order valence-corrected chi connectivity index (χ3v) is 2.22. The molecule has 0 aliphatic heterocycles. The first kappa shape index (κ1) is 10.8. The van der Waals surface area contributed by atoms with E-state index in [1.165, 1.54) is 0 Å². The molecule has 0 aliphatic rings. The van der Waals surface area contributed by atoms with Crippen molar-refractivity contribution in [3.05, 3.63) is 30.0 Å². The van der Waals surface area contributed by atoms with Crippen LogP contribution in [0.25, 0.3) is 0 Å². The summed E-state index contributed by atoms with van der Waals surface area (Å²) in [6, 6.07) is 0. The molecule has 0 spiro atoms. The van der Waals surface area contributed by atoms with Crippen molar-refractivity contribution in [3.63, 3.8) is 0 Å². The van der Waals surface area contributed by atoms with Crippen LogP contribution in [0.4, 0.5) is 0 Å². The third-order valence-electron chi connectivity index (χ3n) is 2.22. The fourth-order valence-electron chi connectivity index (χ4n) is 1.45. The van der Waals surface area contributed by atoms with Crippen molar-refractivity contribution in [3.8, 4) is 0 Å². The van der Waals surface area contributed by atoms with Crippen molar-refractivity contribution in [1.29, 1.82) is 0 Å². The van der Waals surface area contributed by atoms with E-state index in [4.69, 9.17) is 4.42 Å².